The van der Waals surface area contributed by atoms with Gasteiger partial charge in [-0.3, -0.25) is 0 Å². The predicted molar refractivity (Wildman–Crippen MR) is 76.9 cm³/mol. The summed E-state index contributed by atoms with van der Waals surface area (Å²) in [6.07, 6.45) is 1.98. The number of ether oxygens (including phenoxy) is 3. The first kappa shape index (κ1) is 16.0. The summed E-state index contributed by atoms with van der Waals surface area (Å²) in [6, 6.07) is 8.19. The molecule has 0 saturated heterocycles. The third-order valence-electron chi connectivity index (χ3n) is 2.81. The second-order valence-corrected chi connectivity index (χ2v) is 4.31. The van der Waals surface area contributed by atoms with Crippen LogP contribution in [-0.4, -0.2) is 47.1 Å². The van der Waals surface area contributed by atoms with E-state index in [0.717, 1.165) is 51.5 Å². The first-order chi connectivity index (χ1) is 9.36. The van der Waals surface area contributed by atoms with E-state index in [2.05, 4.69) is 17.4 Å². The number of methoxy groups -OCH3 is 2. The molecule has 0 amide bonds. The van der Waals surface area contributed by atoms with Crippen molar-refractivity contribution >= 4 is 0 Å². The van der Waals surface area contributed by atoms with E-state index < -0.39 is 0 Å². The fourth-order valence-electron chi connectivity index (χ4n) is 1.70. The molecule has 0 atom stereocenters. The summed E-state index contributed by atoms with van der Waals surface area (Å²) >= 11 is 0. The minimum atomic E-state index is 0.756. The number of rotatable bonds is 11. The van der Waals surface area contributed by atoms with Crippen molar-refractivity contribution in [3.05, 3.63) is 29.8 Å². The normalized spacial score (nSPS) is 10.6. The van der Waals surface area contributed by atoms with Gasteiger partial charge in [-0.05, 0) is 37.1 Å². The summed E-state index contributed by atoms with van der Waals surface area (Å²) in [7, 11) is 3.39. The molecular weight excluding hydrogens is 242 g/mol. The lowest BCUT2D eigenvalue weighted by Gasteiger charge is -2.07. The number of benzene rings is 1. The van der Waals surface area contributed by atoms with Crippen molar-refractivity contribution < 1.29 is 14.2 Å². The van der Waals surface area contributed by atoms with Crippen LogP contribution in [0.25, 0.3) is 0 Å². The lowest BCUT2D eigenvalue weighted by molar-refractivity contribution is 0.104. The molecule has 0 aliphatic heterocycles. The van der Waals surface area contributed by atoms with Crippen LogP contribution in [0.1, 0.15) is 12.0 Å². The standard InChI is InChI=1S/C15H25NO3/c1-17-11-3-12-19-13-10-16-9-8-14-4-6-15(18-2)7-5-14/h4-7,16H,3,8-13H2,1-2H3. The van der Waals surface area contributed by atoms with Gasteiger partial charge in [-0.2, -0.15) is 0 Å². The van der Waals surface area contributed by atoms with Crippen LogP contribution < -0.4 is 10.1 Å². The molecule has 0 heterocycles. The van der Waals surface area contributed by atoms with Crippen LogP contribution in [0.2, 0.25) is 0 Å². The molecule has 1 N–H and O–H groups in total. The average Bonchev–Trinajstić information content (AvgIpc) is 2.46. The van der Waals surface area contributed by atoms with Gasteiger partial charge in [-0.1, -0.05) is 12.1 Å². The van der Waals surface area contributed by atoms with E-state index >= 15 is 0 Å². The van der Waals surface area contributed by atoms with Crippen molar-refractivity contribution in [3.63, 3.8) is 0 Å². The third-order valence-corrected chi connectivity index (χ3v) is 2.81. The van der Waals surface area contributed by atoms with E-state index in [0.29, 0.717) is 0 Å². The molecule has 0 saturated carbocycles. The van der Waals surface area contributed by atoms with Gasteiger partial charge in [-0.25, -0.2) is 0 Å². The van der Waals surface area contributed by atoms with Crippen molar-refractivity contribution in [2.75, 3.05) is 47.1 Å². The number of hydrogen-bond donors (Lipinski definition) is 1. The van der Waals surface area contributed by atoms with Crippen LogP contribution in [-0.2, 0) is 15.9 Å². The highest BCUT2D eigenvalue weighted by Crippen LogP contribution is 2.11. The zero-order valence-electron chi connectivity index (χ0n) is 12.0. The third kappa shape index (κ3) is 7.82. The summed E-state index contributed by atoms with van der Waals surface area (Å²) in [5, 5.41) is 3.37. The molecule has 1 rings (SSSR count). The Bertz CT molecular complexity index is 314. The average molecular weight is 267 g/mol. The highest BCUT2D eigenvalue weighted by molar-refractivity contribution is 5.27. The Balaban J connectivity index is 1.95. The zero-order chi connectivity index (χ0) is 13.8. The van der Waals surface area contributed by atoms with Crippen LogP contribution in [0.3, 0.4) is 0 Å². The van der Waals surface area contributed by atoms with Crippen LogP contribution >= 0.6 is 0 Å². The van der Waals surface area contributed by atoms with Gasteiger partial charge in [0.05, 0.1) is 13.7 Å². The highest BCUT2D eigenvalue weighted by Gasteiger charge is 1.95. The van der Waals surface area contributed by atoms with Crippen LogP contribution in [0, 0.1) is 0 Å². The van der Waals surface area contributed by atoms with Gasteiger partial charge in [0, 0.05) is 26.9 Å². The van der Waals surface area contributed by atoms with E-state index in [9.17, 15) is 0 Å². The van der Waals surface area contributed by atoms with Gasteiger partial charge in [-0.15, -0.1) is 0 Å². The van der Waals surface area contributed by atoms with Gasteiger partial charge >= 0.3 is 0 Å². The summed E-state index contributed by atoms with van der Waals surface area (Å²) < 4.78 is 15.5. The van der Waals surface area contributed by atoms with Crippen molar-refractivity contribution in [2.45, 2.75) is 12.8 Å². The van der Waals surface area contributed by atoms with E-state index in [1.807, 2.05) is 12.1 Å². The molecular formula is C15H25NO3. The second-order valence-electron chi connectivity index (χ2n) is 4.31. The quantitative estimate of drug-likeness (QED) is 0.621. The lowest BCUT2D eigenvalue weighted by atomic mass is 10.1. The van der Waals surface area contributed by atoms with Crippen LogP contribution in [0.15, 0.2) is 24.3 Å². The Labute approximate surface area is 116 Å². The zero-order valence-corrected chi connectivity index (χ0v) is 12.0. The monoisotopic (exact) mass is 267 g/mol. The second kappa shape index (κ2) is 10.8. The Morgan fingerprint density at radius 2 is 1.74 bits per heavy atom. The van der Waals surface area contributed by atoms with E-state index in [1.54, 1.807) is 14.2 Å². The Morgan fingerprint density at radius 1 is 0.947 bits per heavy atom. The smallest absolute Gasteiger partial charge is 0.118 e. The highest BCUT2D eigenvalue weighted by atomic mass is 16.5. The summed E-state index contributed by atoms with van der Waals surface area (Å²) in [5.41, 5.74) is 1.31. The maximum atomic E-state index is 5.46. The molecule has 4 heteroatoms. The summed E-state index contributed by atoms with van der Waals surface area (Å²) in [4.78, 5) is 0. The molecule has 0 radical (unpaired) electrons. The molecule has 0 aliphatic carbocycles. The van der Waals surface area contributed by atoms with Crippen molar-refractivity contribution in [1.82, 2.24) is 5.32 Å². The molecule has 0 fully saturated rings. The maximum absolute atomic E-state index is 5.46. The first-order valence-electron chi connectivity index (χ1n) is 6.77. The van der Waals surface area contributed by atoms with Crippen molar-refractivity contribution in [3.8, 4) is 5.75 Å². The Morgan fingerprint density at radius 3 is 2.42 bits per heavy atom. The summed E-state index contributed by atoms with van der Waals surface area (Å²) in [6.45, 7) is 4.15. The first-order valence-corrected chi connectivity index (χ1v) is 6.77. The molecule has 0 unspecified atom stereocenters. The lowest BCUT2D eigenvalue weighted by Crippen LogP contribution is -2.22. The van der Waals surface area contributed by atoms with E-state index in [-0.39, 0.29) is 0 Å². The van der Waals surface area contributed by atoms with Crippen molar-refractivity contribution in [1.29, 1.82) is 0 Å². The molecule has 0 aromatic heterocycles. The topological polar surface area (TPSA) is 39.7 Å². The molecule has 19 heavy (non-hydrogen) atoms. The molecule has 0 spiro atoms. The SMILES string of the molecule is COCCCOCCNCCc1ccc(OC)cc1. The van der Waals surface area contributed by atoms with E-state index in [1.165, 1.54) is 5.56 Å². The molecule has 4 nitrogen and oxygen atoms in total. The van der Waals surface area contributed by atoms with Gasteiger partial charge in [0.1, 0.15) is 5.75 Å². The number of nitrogens with one attached hydrogen (secondary N) is 1. The van der Waals surface area contributed by atoms with Crippen LogP contribution in [0.5, 0.6) is 5.75 Å². The minimum absolute atomic E-state index is 0.756. The molecule has 108 valence electrons. The maximum Gasteiger partial charge on any atom is 0.118 e. The molecule has 0 aliphatic rings. The summed E-state index contributed by atoms with van der Waals surface area (Å²) in [5.74, 6) is 0.904. The number of hydrogen-bond acceptors (Lipinski definition) is 4. The fraction of sp³-hybridized carbons (Fsp3) is 0.600. The fourth-order valence-corrected chi connectivity index (χ4v) is 1.70. The Kier molecular flexibility index (Phi) is 9.06. The van der Waals surface area contributed by atoms with Gasteiger partial charge in [0.15, 0.2) is 0 Å². The van der Waals surface area contributed by atoms with E-state index in [4.69, 9.17) is 14.2 Å². The molecule has 1 aromatic rings. The van der Waals surface area contributed by atoms with Gasteiger partial charge in [0.25, 0.3) is 0 Å². The van der Waals surface area contributed by atoms with Gasteiger partial charge < -0.3 is 19.5 Å². The minimum Gasteiger partial charge on any atom is -0.497 e. The predicted octanol–water partition coefficient (Wildman–Crippen LogP) is 1.88. The van der Waals surface area contributed by atoms with Gasteiger partial charge in [0.2, 0.25) is 0 Å². The van der Waals surface area contributed by atoms with Crippen LogP contribution in [0.4, 0.5) is 0 Å². The largest absolute Gasteiger partial charge is 0.497 e. The molecule has 1 aromatic carbocycles. The van der Waals surface area contributed by atoms with Crippen molar-refractivity contribution in [2.24, 2.45) is 0 Å². The Hall–Kier alpha value is -1.10. The molecule has 0 bridgehead atoms.